The van der Waals surface area contributed by atoms with E-state index in [0.29, 0.717) is 11.4 Å². The molecule has 6 heteroatoms. The summed E-state index contributed by atoms with van der Waals surface area (Å²) in [7, 11) is -3.21. The normalized spacial score (nSPS) is 15.4. The number of carbonyl (C=O) groups is 1. The largest absolute Gasteiger partial charge is 0.326 e. The summed E-state index contributed by atoms with van der Waals surface area (Å²) in [4.78, 5) is 10.8. The Bertz CT molecular complexity index is 518. The highest BCUT2D eigenvalue weighted by Gasteiger charge is 2.35. The highest BCUT2D eigenvalue weighted by atomic mass is 32.2. The second kappa shape index (κ2) is 4.37. The van der Waals surface area contributed by atoms with Crippen molar-refractivity contribution in [2.24, 2.45) is 0 Å². The molecule has 1 aromatic carbocycles. The van der Waals surface area contributed by atoms with Crippen LogP contribution in [0.1, 0.15) is 19.8 Å². The molecule has 1 aliphatic rings. The molecule has 5 nitrogen and oxygen atoms in total. The minimum Gasteiger partial charge on any atom is -0.326 e. The number of carbonyl (C=O) groups excluding carboxylic acids is 1. The number of anilines is 2. The molecule has 2 rings (SSSR count). The third-order valence-corrected chi connectivity index (χ3v) is 4.30. The zero-order valence-corrected chi connectivity index (χ0v) is 10.3. The minimum absolute atomic E-state index is 0.156. The van der Waals surface area contributed by atoms with Crippen molar-refractivity contribution >= 4 is 27.3 Å². The molecule has 0 spiro atoms. The second-order valence-electron chi connectivity index (χ2n) is 4.10. The molecule has 0 atom stereocenters. The molecule has 0 aliphatic heterocycles. The van der Waals surface area contributed by atoms with Crippen molar-refractivity contribution in [3.05, 3.63) is 24.3 Å². The van der Waals surface area contributed by atoms with E-state index in [-0.39, 0.29) is 11.2 Å². The number of hydrogen-bond acceptors (Lipinski definition) is 3. The van der Waals surface area contributed by atoms with E-state index in [1.54, 1.807) is 24.3 Å². The van der Waals surface area contributed by atoms with Gasteiger partial charge in [0, 0.05) is 18.3 Å². The molecule has 0 saturated heterocycles. The van der Waals surface area contributed by atoms with Crippen LogP contribution in [0.5, 0.6) is 0 Å². The fourth-order valence-corrected chi connectivity index (χ4v) is 2.84. The van der Waals surface area contributed by atoms with Crippen LogP contribution in [-0.2, 0) is 14.8 Å². The second-order valence-corrected chi connectivity index (χ2v) is 6.07. The first kappa shape index (κ1) is 11.9. The third-order valence-electron chi connectivity index (χ3n) is 2.43. The van der Waals surface area contributed by atoms with E-state index in [2.05, 4.69) is 10.0 Å². The van der Waals surface area contributed by atoms with Crippen LogP contribution < -0.4 is 10.0 Å². The van der Waals surface area contributed by atoms with Gasteiger partial charge in [0.05, 0.1) is 5.25 Å². The van der Waals surface area contributed by atoms with Crippen molar-refractivity contribution in [2.45, 2.75) is 25.0 Å². The van der Waals surface area contributed by atoms with E-state index in [4.69, 9.17) is 0 Å². The molecule has 1 amide bonds. The van der Waals surface area contributed by atoms with E-state index in [0.717, 1.165) is 12.8 Å². The van der Waals surface area contributed by atoms with Gasteiger partial charge < -0.3 is 5.32 Å². The maximum absolute atomic E-state index is 11.6. The molecule has 0 radical (unpaired) electrons. The van der Waals surface area contributed by atoms with Gasteiger partial charge in [-0.2, -0.15) is 0 Å². The maximum Gasteiger partial charge on any atom is 0.235 e. The van der Waals surface area contributed by atoms with Gasteiger partial charge >= 0.3 is 0 Å². The fraction of sp³-hybridized carbons (Fsp3) is 0.364. The van der Waals surface area contributed by atoms with Crippen LogP contribution in [0.4, 0.5) is 11.4 Å². The minimum atomic E-state index is -3.21. The van der Waals surface area contributed by atoms with Crippen molar-refractivity contribution < 1.29 is 13.2 Å². The van der Waals surface area contributed by atoms with Crippen molar-refractivity contribution in [3.63, 3.8) is 0 Å². The Morgan fingerprint density at radius 2 is 1.71 bits per heavy atom. The number of sulfonamides is 1. The smallest absolute Gasteiger partial charge is 0.235 e. The van der Waals surface area contributed by atoms with Gasteiger partial charge in [0.15, 0.2) is 0 Å². The maximum atomic E-state index is 11.6. The lowest BCUT2D eigenvalue weighted by Gasteiger charge is -2.07. The average molecular weight is 254 g/mol. The van der Waals surface area contributed by atoms with Crippen LogP contribution in [-0.4, -0.2) is 19.6 Å². The van der Waals surface area contributed by atoms with Crippen LogP contribution in [0.2, 0.25) is 0 Å². The van der Waals surface area contributed by atoms with Gasteiger partial charge in [-0.3, -0.25) is 9.52 Å². The third kappa shape index (κ3) is 3.20. The number of rotatable bonds is 4. The lowest BCUT2D eigenvalue weighted by molar-refractivity contribution is -0.114. The Morgan fingerprint density at radius 3 is 2.18 bits per heavy atom. The van der Waals surface area contributed by atoms with E-state index >= 15 is 0 Å². The SMILES string of the molecule is CC(=O)Nc1ccc(NS(=O)(=O)C2CC2)cc1. The summed E-state index contributed by atoms with van der Waals surface area (Å²) in [6.45, 7) is 1.42. The average Bonchev–Trinajstić information content (AvgIpc) is 3.03. The molecule has 1 saturated carbocycles. The topological polar surface area (TPSA) is 75.3 Å². The van der Waals surface area contributed by atoms with E-state index in [1.807, 2.05) is 0 Å². The summed E-state index contributed by atoms with van der Waals surface area (Å²) < 4.78 is 25.8. The first-order valence-electron chi connectivity index (χ1n) is 5.37. The molecule has 1 aromatic rings. The summed E-state index contributed by atoms with van der Waals surface area (Å²) in [5.41, 5.74) is 1.16. The van der Waals surface area contributed by atoms with Gasteiger partial charge in [0.2, 0.25) is 15.9 Å². The first-order chi connectivity index (χ1) is 7.97. The van der Waals surface area contributed by atoms with Crippen molar-refractivity contribution in [1.29, 1.82) is 0 Å². The first-order valence-corrected chi connectivity index (χ1v) is 6.91. The Morgan fingerprint density at radius 1 is 1.18 bits per heavy atom. The van der Waals surface area contributed by atoms with E-state index in [1.165, 1.54) is 6.92 Å². The van der Waals surface area contributed by atoms with Crippen LogP contribution in [0.3, 0.4) is 0 Å². The van der Waals surface area contributed by atoms with Crippen molar-refractivity contribution in [1.82, 2.24) is 0 Å². The van der Waals surface area contributed by atoms with Gasteiger partial charge in [-0.15, -0.1) is 0 Å². The molecule has 0 heterocycles. The zero-order valence-electron chi connectivity index (χ0n) is 9.43. The summed E-state index contributed by atoms with van der Waals surface area (Å²) in [5, 5.41) is 2.38. The molecular formula is C11H14N2O3S. The number of amides is 1. The lowest BCUT2D eigenvalue weighted by Crippen LogP contribution is -2.17. The number of nitrogens with one attached hydrogen (secondary N) is 2. The van der Waals surface area contributed by atoms with Gasteiger partial charge in [-0.1, -0.05) is 0 Å². The van der Waals surface area contributed by atoms with Crippen molar-refractivity contribution in [3.8, 4) is 0 Å². The number of hydrogen-bond donors (Lipinski definition) is 2. The molecule has 17 heavy (non-hydrogen) atoms. The van der Waals surface area contributed by atoms with E-state index < -0.39 is 10.0 Å². The van der Waals surface area contributed by atoms with Crippen molar-refractivity contribution in [2.75, 3.05) is 10.0 Å². The molecular weight excluding hydrogens is 240 g/mol. The quantitative estimate of drug-likeness (QED) is 0.856. The molecule has 2 N–H and O–H groups in total. The number of benzene rings is 1. The van der Waals surface area contributed by atoms with Crippen LogP contribution in [0, 0.1) is 0 Å². The van der Waals surface area contributed by atoms with Crippen LogP contribution in [0.25, 0.3) is 0 Å². The molecule has 1 fully saturated rings. The predicted octanol–water partition coefficient (Wildman–Crippen LogP) is 1.55. The monoisotopic (exact) mass is 254 g/mol. The molecule has 1 aliphatic carbocycles. The lowest BCUT2D eigenvalue weighted by atomic mass is 10.3. The Hall–Kier alpha value is -1.56. The predicted molar refractivity (Wildman–Crippen MR) is 66.3 cm³/mol. The van der Waals surface area contributed by atoms with Gasteiger partial charge in [0.25, 0.3) is 0 Å². The Balaban J connectivity index is 2.05. The summed E-state index contributed by atoms with van der Waals surface area (Å²) in [6.07, 6.45) is 1.47. The Kier molecular flexibility index (Phi) is 3.06. The summed E-state index contributed by atoms with van der Waals surface area (Å²) in [5.74, 6) is -0.156. The Labute approximate surface area is 100 Å². The van der Waals surface area contributed by atoms with Gasteiger partial charge in [0.1, 0.15) is 0 Å². The highest BCUT2D eigenvalue weighted by molar-refractivity contribution is 7.93. The fourth-order valence-electron chi connectivity index (χ4n) is 1.45. The molecule has 0 bridgehead atoms. The summed E-state index contributed by atoms with van der Waals surface area (Å²) in [6, 6.07) is 6.58. The standard InChI is InChI=1S/C11H14N2O3S/c1-8(14)12-9-2-4-10(5-3-9)13-17(15,16)11-6-7-11/h2-5,11,13H,6-7H2,1H3,(H,12,14). The molecule has 92 valence electrons. The molecule has 0 aromatic heterocycles. The van der Waals surface area contributed by atoms with Crippen LogP contribution in [0.15, 0.2) is 24.3 Å². The van der Waals surface area contributed by atoms with Gasteiger partial charge in [-0.25, -0.2) is 8.42 Å². The summed E-state index contributed by atoms with van der Waals surface area (Å²) >= 11 is 0. The van der Waals surface area contributed by atoms with E-state index in [9.17, 15) is 13.2 Å². The zero-order chi connectivity index (χ0) is 12.5. The molecule has 0 unspecified atom stereocenters. The van der Waals surface area contributed by atoms with Crippen LogP contribution >= 0.6 is 0 Å². The van der Waals surface area contributed by atoms with Gasteiger partial charge in [-0.05, 0) is 37.1 Å². The highest BCUT2D eigenvalue weighted by Crippen LogP contribution is 2.29.